The molecule has 0 bridgehead atoms. The second-order valence-electron chi connectivity index (χ2n) is 6.17. The highest BCUT2D eigenvalue weighted by Gasteiger charge is 2.13. The molecule has 0 unspecified atom stereocenters. The summed E-state index contributed by atoms with van der Waals surface area (Å²) in [6.07, 6.45) is 0. The highest BCUT2D eigenvalue weighted by molar-refractivity contribution is 7.99. The summed E-state index contributed by atoms with van der Waals surface area (Å²) in [5.74, 6) is 2.01. The van der Waals surface area contributed by atoms with E-state index < -0.39 is 0 Å². The van der Waals surface area contributed by atoms with Gasteiger partial charge in [0.15, 0.2) is 5.16 Å². The van der Waals surface area contributed by atoms with E-state index in [1.54, 1.807) is 0 Å². The van der Waals surface area contributed by atoms with Crippen molar-refractivity contribution in [3.8, 4) is 0 Å². The zero-order chi connectivity index (χ0) is 17.0. The van der Waals surface area contributed by atoms with Crippen LogP contribution < -0.4 is 5.32 Å². The summed E-state index contributed by atoms with van der Waals surface area (Å²) >= 11 is 1.40. The fourth-order valence-corrected chi connectivity index (χ4v) is 2.95. The molecule has 0 saturated carbocycles. The minimum Gasteiger partial charge on any atom is -0.325 e. The van der Waals surface area contributed by atoms with Gasteiger partial charge in [0.05, 0.1) is 5.75 Å². The van der Waals surface area contributed by atoms with E-state index in [0.717, 1.165) is 16.7 Å². The maximum Gasteiger partial charge on any atom is 0.234 e. The lowest BCUT2D eigenvalue weighted by Gasteiger charge is -2.08. The Bertz CT molecular complexity index is 662. The Kier molecular flexibility index (Phi) is 5.82. The number of hydrogen-bond donors (Lipinski definition) is 1. The predicted molar refractivity (Wildman–Crippen MR) is 95.0 cm³/mol. The van der Waals surface area contributed by atoms with Crippen molar-refractivity contribution in [2.24, 2.45) is 7.05 Å². The van der Waals surface area contributed by atoms with Crippen molar-refractivity contribution in [1.29, 1.82) is 0 Å². The van der Waals surface area contributed by atoms with E-state index in [2.05, 4.69) is 43.2 Å². The smallest absolute Gasteiger partial charge is 0.234 e. The van der Waals surface area contributed by atoms with Crippen molar-refractivity contribution >= 4 is 23.4 Å². The van der Waals surface area contributed by atoms with Gasteiger partial charge < -0.3 is 9.88 Å². The third kappa shape index (κ3) is 4.58. The lowest BCUT2D eigenvalue weighted by atomic mass is 10.0. The van der Waals surface area contributed by atoms with Crippen molar-refractivity contribution in [1.82, 2.24) is 14.8 Å². The van der Waals surface area contributed by atoms with E-state index in [4.69, 9.17) is 0 Å². The molecule has 1 aromatic heterocycles. The molecule has 6 heteroatoms. The van der Waals surface area contributed by atoms with Gasteiger partial charge in [0.1, 0.15) is 5.82 Å². The van der Waals surface area contributed by atoms with Crippen LogP contribution in [0.1, 0.15) is 50.9 Å². The van der Waals surface area contributed by atoms with Crippen molar-refractivity contribution in [2.45, 2.75) is 44.7 Å². The van der Waals surface area contributed by atoms with Crippen LogP contribution in [0.15, 0.2) is 29.4 Å². The molecule has 0 aliphatic heterocycles. The Balaban J connectivity index is 1.90. The quantitative estimate of drug-likeness (QED) is 0.818. The standard InChI is InChI=1S/C17H24N4OS/c1-11(2)13-6-8-14(9-7-13)18-15(22)10-23-17-20-19-16(12(3)4)21(17)5/h6-9,11-12H,10H2,1-5H3,(H,18,22). The summed E-state index contributed by atoms with van der Waals surface area (Å²) in [6, 6.07) is 7.98. The molecule has 0 atom stereocenters. The average molecular weight is 332 g/mol. The number of aromatic nitrogens is 3. The van der Waals surface area contributed by atoms with Gasteiger partial charge in [-0.05, 0) is 23.6 Å². The SMILES string of the molecule is CC(C)c1ccc(NC(=O)CSc2nnc(C(C)C)n2C)cc1. The molecule has 1 heterocycles. The van der Waals surface area contributed by atoms with Gasteiger partial charge in [-0.1, -0.05) is 51.6 Å². The van der Waals surface area contributed by atoms with Crippen LogP contribution in [0.5, 0.6) is 0 Å². The predicted octanol–water partition coefficient (Wildman–Crippen LogP) is 3.79. The average Bonchev–Trinajstić information content (AvgIpc) is 2.87. The first-order chi connectivity index (χ1) is 10.9. The Labute approximate surface area is 141 Å². The van der Waals surface area contributed by atoms with Gasteiger partial charge in [0, 0.05) is 18.7 Å². The van der Waals surface area contributed by atoms with Gasteiger partial charge in [0.2, 0.25) is 5.91 Å². The third-order valence-electron chi connectivity index (χ3n) is 3.58. The molecule has 1 amide bonds. The molecule has 124 valence electrons. The zero-order valence-corrected chi connectivity index (χ0v) is 15.1. The molecule has 0 aliphatic carbocycles. The van der Waals surface area contributed by atoms with Crippen LogP contribution in [-0.2, 0) is 11.8 Å². The van der Waals surface area contributed by atoms with Crippen LogP contribution in [0.25, 0.3) is 0 Å². The van der Waals surface area contributed by atoms with Crippen LogP contribution in [0.2, 0.25) is 0 Å². The molecule has 23 heavy (non-hydrogen) atoms. The number of thioether (sulfide) groups is 1. The van der Waals surface area contributed by atoms with Gasteiger partial charge in [0.25, 0.3) is 0 Å². The molecular formula is C17H24N4OS. The molecule has 1 N–H and O–H groups in total. The van der Waals surface area contributed by atoms with Crippen LogP contribution in [0.4, 0.5) is 5.69 Å². The summed E-state index contributed by atoms with van der Waals surface area (Å²) in [6.45, 7) is 8.45. The van der Waals surface area contributed by atoms with Crippen molar-refractivity contribution in [3.05, 3.63) is 35.7 Å². The van der Waals surface area contributed by atoms with E-state index in [1.165, 1.54) is 17.3 Å². The molecular weight excluding hydrogens is 308 g/mol. The number of nitrogens with one attached hydrogen (secondary N) is 1. The van der Waals surface area contributed by atoms with E-state index >= 15 is 0 Å². The molecule has 0 saturated heterocycles. The summed E-state index contributed by atoms with van der Waals surface area (Å²) < 4.78 is 1.94. The number of carbonyl (C=O) groups is 1. The molecule has 5 nitrogen and oxygen atoms in total. The van der Waals surface area contributed by atoms with E-state index in [1.807, 2.05) is 35.9 Å². The number of carbonyl (C=O) groups excluding carboxylic acids is 1. The molecule has 2 rings (SSSR count). The van der Waals surface area contributed by atoms with E-state index in [-0.39, 0.29) is 5.91 Å². The van der Waals surface area contributed by atoms with Crippen LogP contribution >= 0.6 is 11.8 Å². The summed E-state index contributed by atoms with van der Waals surface area (Å²) in [7, 11) is 1.93. The first-order valence-electron chi connectivity index (χ1n) is 7.80. The fraction of sp³-hybridized carbons (Fsp3) is 0.471. The Hall–Kier alpha value is -1.82. The van der Waals surface area contributed by atoms with Gasteiger partial charge >= 0.3 is 0 Å². The monoisotopic (exact) mass is 332 g/mol. The zero-order valence-electron chi connectivity index (χ0n) is 14.3. The van der Waals surface area contributed by atoms with Gasteiger partial charge in [-0.25, -0.2) is 0 Å². The first-order valence-corrected chi connectivity index (χ1v) is 8.79. The fourth-order valence-electron chi connectivity index (χ4n) is 2.23. The van der Waals surface area contributed by atoms with Crippen LogP contribution in [-0.4, -0.2) is 26.4 Å². The molecule has 2 aromatic rings. The highest BCUT2D eigenvalue weighted by atomic mass is 32.2. The van der Waals surface area contributed by atoms with Crippen LogP contribution in [0.3, 0.4) is 0 Å². The minimum atomic E-state index is -0.0404. The number of hydrogen-bond acceptors (Lipinski definition) is 4. The largest absolute Gasteiger partial charge is 0.325 e. The summed E-state index contributed by atoms with van der Waals surface area (Å²) in [5, 5.41) is 12.0. The molecule has 0 aliphatic rings. The number of nitrogens with zero attached hydrogens (tertiary/aromatic N) is 3. The number of benzene rings is 1. The van der Waals surface area contributed by atoms with Crippen molar-refractivity contribution in [3.63, 3.8) is 0 Å². The topological polar surface area (TPSA) is 59.8 Å². The first kappa shape index (κ1) is 17.5. The second kappa shape index (κ2) is 7.64. The van der Waals surface area contributed by atoms with E-state index in [0.29, 0.717) is 17.6 Å². The maximum atomic E-state index is 12.1. The maximum absolute atomic E-state index is 12.1. The van der Waals surface area contributed by atoms with Gasteiger partial charge in [-0.15, -0.1) is 10.2 Å². The molecule has 0 radical (unpaired) electrons. The van der Waals surface area contributed by atoms with E-state index in [9.17, 15) is 4.79 Å². The van der Waals surface area contributed by atoms with Crippen LogP contribution in [0, 0.1) is 0 Å². The minimum absolute atomic E-state index is 0.0404. The number of anilines is 1. The molecule has 0 spiro atoms. The third-order valence-corrected chi connectivity index (χ3v) is 4.60. The number of amides is 1. The lowest BCUT2D eigenvalue weighted by Crippen LogP contribution is -2.14. The Morgan fingerprint density at radius 1 is 1.13 bits per heavy atom. The van der Waals surface area contributed by atoms with Gasteiger partial charge in [-0.2, -0.15) is 0 Å². The lowest BCUT2D eigenvalue weighted by molar-refractivity contribution is -0.113. The summed E-state index contributed by atoms with van der Waals surface area (Å²) in [5.41, 5.74) is 2.08. The number of rotatable bonds is 6. The van der Waals surface area contributed by atoms with Crippen molar-refractivity contribution in [2.75, 3.05) is 11.1 Å². The second-order valence-corrected chi connectivity index (χ2v) is 7.11. The van der Waals surface area contributed by atoms with Crippen molar-refractivity contribution < 1.29 is 4.79 Å². The molecule has 0 fully saturated rings. The Morgan fingerprint density at radius 3 is 2.30 bits per heavy atom. The summed E-state index contributed by atoms with van der Waals surface area (Å²) in [4.78, 5) is 12.1. The van der Waals surface area contributed by atoms with Gasteiger partial charge in [-0.3, -0.25) is 4.79 Å². The highest BCUT2D eigenvalue weighted by Crippen LogP contribution is 2.21. The molecule has 1 aromatic carbocycles. The Morgan fingerprint density at radius 2 is 1.78 bits per heavy atom. The normalized spacial score (nSPS) is 11.3.